The summed E-state index contributed by atoms with van der Waals surface area (Å²) in [6.07, 6.45) is 3.66. The SMILES string of the molecule is CCCCc1ccc(Nc2nc3ccc(C)cc3s2)cc1. The fraction of sp³-hybridized carbons (Fsp3) is 0.278. The fourth-order valence-corrected chi connectivity index (χ4v) is 3.33. The van der Waals surface area contributed by atoms with Crippen molar-refractivity contribution < 1.29 is 0 Å². The monoisotopic (exact) mass is 296 g/mol. The molecule has 1 N–H and O–H groups in total. The van der Waals surface area contributed by atoms with Crippen molar-refractivity contribution in [2.24, 2.45) is 0 Å². The minimum atomic E-state index is 0.955. The van der Waals surface area contributed by atoms with Crippen molar-refractivity contribution in [2.75, 3.05) is 5.32 Å². The van der Waals surface area contributed by atoms with Crippen LogP contribution in [0.5, 0.6) is 0 Å². The van der Waals surface area contributed by atoms with Gasteiger partial charge in [-0.2, -0.15) is 0 Å². The van der Waals surface area contributed by atoms with Crippen molar-refractivity contribution in [3.05, 3.63) is 53.6 Å². The molecule has 3 heteroatoms. The van der Waals surface area contributed by atoms with Gasteiger partial charge >= 0.3 is 0 Å². The molecule has 2 nitrogen and oxygen atoms in total. The number of aromatic nitrogens is 1. The number of nitrogens with zero attached hydrogens (tertiary/aromatic N) is 1. The standard InChI is InChI=1S/C18H20N2S/c1-3-4-5-14-7-9-15(10-8-14)19-18-20-16-11-6-13(2)12-17(16)21-18/h6-12H,3-5H2,1-2H3,(H,19,20). The number of thiazole rings is 1. The first kappa shape index (κ1) is 14.1. The number of unbranched alkanes of at least 4 members (excludes halogenated alkanes) is 1. The zero-order chi connectivity index (χ0) is 14.7. The van der Waals surface area contributed by atoms with E-state index in [0.29, 0.717) is 0 Å². The molecule has 0 saturated heterocycles. The second kappa shape index (κ2) is 6.27. The summed E-state index contributed by atoms with van der Waals surface area (Å²) in [5, 5.41) is 4.36. The maximum absolute atomic E-state index is 4.63. The molecule has 0 aliphatic heterocycles. The third-order valence-electron chi connectivity index (χ3n) is 3.57. The van der Waals surface area contributed by atoms with Crippen molar-refractivity contribution in [1.29, 1.82) is 0 Å². The van der Waals surface area contributed by atoms with E-state index in [1.807, 2.05) is 0 Å². The molecular weight excluding hydrogens is 276 g/mol. The summed E-state index contributed by atoms with van der Waals surface area (Å²) in [6, 6.07) is 15.1. The van der Waals surface area contributed by atoms with Crippen LogP contribution in [0.2, 0.25) is 0 Å². The Hall–Kier alpha value is -1.87. The highest BCUT2D eigenvalue weighted by atomic mass is 32.1. The molecule has 0 saturated carbocycles. The van der Waals surface area contributed by atoms with Crippen LogP contribution in [-0.2, 0) is 6.42 Å². The van der Waals surface area contributed by atoms with Crippen LogP contribution in [0.25, 0.3) is 10.2 Å². The van der Waals surface area contributed by atoms with Gasteiger partial charge in [0, 0.05) is 5.69 Å². The van der Waals surface area contributed by atoms with E-state index in [1.54, 1.807) is 11.3 Å². The molecule has 2 aromatic carbocycles. The van der Waals surface area contributed by atoms with Crippen molar-refractivity contribution in [3.8, 4) is 0 Å². The molecule has 0 spiro atoms. The second-order valence-electron chi connectivity index (χ2n) is 5.42. The lowest BCUT2D eigenvalue weighted by atomic mass is 10.1. The number of aryl methyl sites for hydroxylation is 2. The third-order valence-corrected chi connectivity index (χ3v) is 4.50. The van der Waals surface area contributed by atoms with E-state index < -0.39 is 0 Å². The predicted molar refractivity (Wildman–Crippen MR) is 92.7 cm³/mol. The van der Waals surface area contributed by atoms with E-state index in [2.05, 4.69) is 66.6 Å². The Morgan fingerprint density at radius 3 is 2.67 bits per heavy atom. The molecule has 0 aliphatic rings. The number of nitrogens with one attached hydrogen (secondary N) is 1. The Balaban J connectivity index is 1.75. The van der Waals surface area contributed by atoms with Crippen LogP contribution in [0.1, 0.15) is 30.9 Å². The lowest BCUT2D eigenvalue weighted by Crippen LogP contribution is -1.90. The van der Waals surface area contributed by atoms with Gasteiger partial charge in [-0.1, -0.05) is 42.9 Å². The highest BCUT2D eigenvalue weighted by Gasteiger charge is 2.04. The van der Waals surface area contributed by atoms with E-state index in [0.717, 1.165) is 22.8 Å². The second-order valence-corrected chi connectivity index (χ2v) is 6.45. The van der Waals surface area contributed by atoms with Crippen molar-refractivity contribution >= 4 is 32.4 Å². The Bertz CT molecular complexity index is 729. The zero-order valence-corrected chi connectivity index (χ0v) is 13.3. The summed E-state index contributed by atoms with van der Waals surface area (Å²) >= 11 is 1.70. The maximum Gasteiger partial charge on any atom is 0.188 e. The molecule has 3 aromatic rings. The first-order valence-electron chi connectivity index (χ1n) is 7.48. The molecule has 0 fully saturated rings. The van der Waals surface area contributed by atoms with Crippen LogP contribution >= 0.6 is 11.3 Å². The van der Waals surface area contributed by atoms with Gasteiger partial charge in [0.05, 0.1) is 10.2 Å². The van der Waals surface area contributed by atoms with Gasteiger partial charge < -0.3 is 5.32 Å². The Labute approximate surface area is 129 Å². The number of rotatable bonds is 5. The quantitative estimate of drug-likeness (QED) is 0.654. The summed E-state index contributed by atoms with van der Waals surface area (Å²) in [5.74, 6) is 0. The molecule has 0 atom stereocenters. The van der Waals surface area contributed by atoms with Crippen molar-refractivity contribution in [1.82, 2.24) is 4.98 Å². The van der Waals surface area contributed by atoms with Crippen molar-refractivity contribution in [3.63, 3.8) is 0 Å². The number of hydrogen-bond donors (Lipinski definition) is 1. The molecule has 0 radical (unpaired) electrons. The largest absolute Gasteiger partial charge is 0.332 e. The average Bonchev–Trinajstić information content (AvgIpc) is 2.88. The Morgan fingerprint density at radius 2 is 1.90 bits per heavy atom. The van der Waals surface area contributed by atoms with Crippen LogP contribution in [-0.4, -0.2) is 4.98 Å². The van der Waals surface area contributed by atoms with E-state index in [9.17, 15) is 0 Å². The molecule has 21 heavy (non-hydrogen) atoms. The van der Waals surface area contributed by atoms with Crippen LogP contribution in [0.15, 0.2) is 42.5 Å². The topological polar surface area (TPSA) is 24.9 Å². The fourth-order valence-electron chi connectivity index (χ4n) is 2.34. The molecule has 0 unspecified atom stereocenters. The highest BCUT2D eigenvalue weighted by molar-refractivity contribution is 7.22. The Morgan fingerprint density at radius 1 is 1.10 bits per heavy atom. The normalized spacial score (nSPS) is 11.0. The smallest absolute Gasteiger partial charge is 0.188 e. The summed E-state index contributed by atoms with van der Waals surface area (Å²) < 4.78 is 1.23. The molecule has 3 rings (SSSR count). The van der Waals surface area contributed by atoms with E-state index in [-0.39, 0.29) is 0 Å². The number of hydrogen-bond acceptors (Lipinski definition) is 3. The van der Waals surface area contributed by atoms with Gasteiger partial charge in [-0.25, -0.2) is 4.98 Å². The molecule has 1 aromatic heterocycles. The van der Waals surface area contributed by atoms with Gasteiger partial charge in [0.1, 0.15) is 0 Å². The third kappa shape index (κ3) is 3.42. The predicted octanol–water partition coefficient (Wildman–Crippen LogP) is 5.69. The van der Waals surface area contributed by atoms with E-state index in [4.69, 9.17) is 0 Å². The molecular formula is C18H20N2S. The maximum atomic E-state index is 4.63. The number of benzene rings is 2. The highest BCUT2D eigenvalue weighted by Crippen LogP contribution is 2.29. The first-order chi connectivity index (χ1) is 10.2. The summed E-state index contributed by atoms with van der Waals surface area (Å²) in [5.41, 5.74) is 4.85. The summed E-state index contributed by atoms with van der Waals surface area (Å²) in [4.78, 5) is 4.63. The first-order valence-corrected chi connectivity index (χ1v) is 8.29. The van der Waals surface area contributed by atoms with Gasteiger partial charge in [-0.15, -0.1) is 0 Å². The van der Waals surface area contributed by atoms with E-state index >= 15 is 0 Å². The van der Waals surface area contributed by atoms with Gasteiger partial charge in [-0.3, -0.25) is 0 Å². The molecule has 0 amide bonds. The molecule has 0 bridgehead atoms. The van der Waals surface area contributed by atoms with Crippen LogP contribution in [0, 0.1) is 6.92 Å². The minimum Gasteiger partial charge on any atom is -0.332 e. The Kier molecular flexibility index (Phi) is 4.20. The number of fused-ring (bicyclic) bond motifs is 1. The lowest BCUT2D eigenvalue weighted by Gasteiger charge is -2.04. The summed E-state index contributed by atoms with van der Waals surface area (Å²) in [7, 11) is 0. The molecule has 0 aliphatic carbocycles. The van der Waals surface area contributed by atoms with Gasteiger partial charge in [0.15, 0.2) is 5.13 Å². The van der Waals surface area contributed by atoms with Gasteiger partial charge in [0.25, 0.3) is 0 Å². The van der Waals surface area contributed by atoms with Crippen LogP contribution in [0.4, 0.5) is 10.8 Å². The van der Waals surface area contributed by atoms with Crippen LogP contribution in [0.3, 0.4) is 0 Å². The van der Waals surface area contributed by atoms with Crippen LogP contribution < -0.4 is 5.32 Å². The minimum absolute atomic E-state index is 0.955. The summed E-state index contributed by atoms with van der Waals surface area (Å²) in [6.45, 7) is 4.34. The van der Waals surface area contributed by atoms with Gasteiger partial charge in [-0.05, 0) is 55.2 Å². The average molecular weight is 296 g/mol. The molecule has 108 valence electrons. The number of anilines is 2. The lowest BCUT2D eigenvalue weighted by molar-refractivity contribution is 0.795. The van der Waals surface area contributed by atoms with E-state index in [1.165, 1.54) is 28.7 Å². The van der Waals surface area contributed by atoms with Crippen molar-refractivity contribution in [2.45, 2.75) is 33.1 Å². The van der Waals surface area contributed by atoms with Gasteiger partial charge in [0.2, 0.25) is 0 Å². The molecule has 1 heterocycles. The zero-order valence-electron chi connectivity index (χ0n) is 12.5.